The van der Waals surface area contributed by atoms with Crippen LogP contribution in [0.4, 0.5) is 0 Å². The summed E-state index contributed by atoms with van der Waals surface area (Å²) in [6.45, 7) is 11.2. The molecule has 0 spiro atoms. The van der Waals surface area contributed by atoms with Gasteiger partial charge in [0.05, 0.1) is 17.2 Å². The summed E-state index contributed by atoms with van der Waals surface area (Å²) in [5.41, 5.74) is 0. The molecule has 14 heavy (non-hydrogen) atoms. The van der Waals surface area contributed by atoms with Gasteiger partial charge in [0.2, 0.25) is 0 Å². The zero-order valence-corrected chi connectivity index (χ0v) is 11.7. The summed E-state index contributed by atoms with van der Waals surface area (Å²) < 4.78 is 5.48. The van der Waals surface area contributed by atoms with Gasteiger partial charge in [-0.15, -0.1) is 0 Å². The zero-order valence-electron chi connectivity index (χ0n) is 9.99. The molecule has 0 aliphatic carbocycles. The maximum Gasteiger partial charge on any atom is 0.0735 e. The standard InChI is InChI=1S/C11H24OS2/c1-8(2)6-7-11(9(3)4)10(5)12-14-13/h8-11,13H,6-7H2,1-5H3. The van der Waals surface area contributed by atoms with Crippen molar-refractivity contribution in [2.24, 2.45) is 17.8 Å². The number of hydrogen-bond donors (Lipinski definition) is 1. The van der Waals surface area contributed by atoms with Crippen molar-refractivity contribution >= 4 is 22.7 Å². The van der Waals surface area contributed by atoms with Gasteiger partial charge in [-0.1, -0.05) is 45.8 Å². The fraction of sp³-hybridized carbons (Fsp3) is 1.00. The van der Waals surface area contributed by atoms with Crippen molar-refractivity contribution in [2.45, 2.75) is 53.6 Å². The maximum absolute atomic E-state index is 5.48. The molecule has 86 valence electrons. The van der Waals surface area contributed by atoms with Crippen LogP contribution >= 0.6 is 22.7 Å². The number of hydrogen-bond acceptors (Lipinski definition) is 3. The van der Waals surface area contributed by atoms with Gasteiger partial charge < -0.3 is 4.18 Å². The third-order valence-electron chi connectivity index (χ3n) is 2.73. The summed E-state index contributed by atoms with van der Waals surface area (Å²) in [4.78, 5) is 0. The van der Waals surface area contributed by atoms with Crippen molar-refractivity contribution in [3.8, 4) is 0 Å². The van der Waals surface area contributed by atoms with E-state index in [1.165, 1.54) is 23.9 Å². The summed E-state index contributed by atoms with van der Waals surface area (Å²) >= 11 is 5.21. The molecule has 0 aliphatic rings. The molecule has 0 aromatic heterocycles. The third-order valence-corrected chi connectivity index (χ3v) is 3.38. The summed E-state index contributed by atoms with van der Waals surface area (Å²) in [5, 5.41) is 0. The van der Waals surface area contributed by atoms with E-state index in [1.54, 1.807) is 0 Å². The Bertz CT molecular complexity index is 137. The first kappa shape index (κ1) is 14.7. The molecule has 3 heteroatoms. The normalized spacial score (nSPS) is 16.3. The van der Waals surface area contributed by atoms with Crippen LogP contribution in [0.5, 0.6) is 0 Å². The quantitative estimate of drug-likeness (QED) is 0.393. The molecule has 1 nitrogen and oxygen atoms in total. The monoisotopic (exact) mass is 236 g/mol. The Balaban J connectivity index is 4.00. The Kier molecular flexibility index (Phi) is 8.26. The summed E-state index contributed by atoms with van der Waals surface area (Å²) in [7, 11) is 0. The predicted molar refractivity (Wildman–Crippen MR) is 69.5 cm³/mol. The van der Waals surface area contributed by atoms with Crippen LogP contribution < -0.4 is 0 Å². The maximum atomic E-state index is 5.48. The molecule has 0 aromatic carbocycles. The van der Waals surface area contributed by atoms with Crippen LogP contribution in [-0.4, -0.2) is 6.10 Å². The van der Waals surface area contributed by atoms with E-state index < -0.39 is 0 Å². The predicted octanol–water partition coefficient (Wildman–Crippen LogP) is 4.59. The first-order valence-corrected chi connectivity index (χ1v) is 7.25. The smallest absolute Gasteiger partial charge is 0.0735 e. The van der Waals surface area contributed by atoms with Gasteiger partial charge in [0.25, 0.3) is 0 Å². The molecular formula is C11H24OS2. The second-order valence-corrected chi connectivity index (χ2v) is 5.54. The van der Waals surface area contributed by atoms with Gasteiger partial charge in [0.1, 0.15) is 0 Å². The molecule has 0 amide bonds. The van der Waals surface area contributed by atoms with E-state index in [4.69, 9.17) is 4.18 Å². The van der Waals surface area contributed by atoms with Crippen LogP contribution in [0, 0.1) is 17.8 Å². The summed E-state index contributed by atoms with van der Waals surface area (Å²) in [6.07, 6.45) is 2.84. The highest BCUT2D eigenvalue weighted by Gasteiger charge is 2.21. The number of thiol groups is 1. The largest absolute Gasteiger partial charge is 0.302 e. The fourth-order valence-electron chi connectivity index (χ4n) is 1.78. The van der Waals surface area contributed by atoms with E-state index in [0.29, 0.717) is 17.9 Å². The molecule has 0 fully saturated rings. The van der Waals surface area contributed by atoms with Gasteiger partial charge >= 0.3 is 0 Å². The lowest BCUT2D eigenvalue weighted by molar-refractivity contribution is 0.134. The molecule has 2 atom stereocenters. The zero-order chi connectivity index (χ0) is 11.1. The summed E-state index contributed by atoms with van der Waals surface area (Å²) in [5.74, 6) is 2.12. The van der Waals surface area contributed by atoms with Crippen molar-refractivity contribution in [3.05, 3.63) is 0 Å². The van der Waals surface area contributed by atoms with Gasteiger partial charge in [-0.05, 0) is 31.1 Å². The second-order valence-electron chi connectivity index (χ2n) is 4.75. The third kappa shape index (κ3) is 6.20. The lowest BCUT2D eigenvalue weighted by atomic mass is 9.85. The van der Waals surface area contributed by atoms with Gasteiger partial charge in [0.15, 0.2) is 0 Å². The van der Waals surface area contributed by atoms with Gasteiger partial charge in [0, 0.05) is 0 Å². The molecule has 0 heterocycles. The van der Waals surface area contributed by atoms with Crippen LogP contribution in [0.1, 0.15) is 47.5 Å². The molecule has 0 aromatic rings. The lowest BCUT2D eigenvalue weighted by Gasteiger charge is -2.26. The van der Waals surface area contributed by atoms with Gasteiger partial charge in [-0.2, -0.15) is 0 Å². The molecule has 2 unspecified atom stereocenters. The minimum absolute atomic E-state index is 0.302. The molecule has 0 aliphatic heterocycles. The lowest BCUT2D eigenvalue weighted by Crippen LogP contribution is -2.23. The Morgan fingerprint density at radius 1 is 1.07 bits per heavy atom. The van der Waals surface area contributed by atoms with E-state index in [1.807, 2.05) is 0 Å². The highest BCUT2D eigenvalue weighted by atomic mass is 33.1. The van der Waals surface area contributed by atoms with E-state index >= 15 is 0 Å². The highest BCUT2D eigenvalue weighted by molar-refractivity contribution is 8.66. The molecule has 0 saturated carbocycles. The van der Waals surface area contributed by atoms with Crippen LogP contribution in [0.2, 0.25) is 0 Å². The van der Waals surface area contributed by atoms with Crippen molar-refractivity contribution in [2.75, 3.05) is 0 Å². The van der Waals surface area contributed by atoms with Crippen LogP contribution in [-0.2, 0) is 4.18 Å². The minimum atomic E-state index is 0.302. The van der Waals surface area contributed by atoms with E-state index in [9.17, 15) is 0 Å². The SMILES string of the molecule is CC(C)CCC(C(C)C)C(C)OSS. The molecule has 0 saturated heterocycles. The Morgan fingerprint density at radius 2 is 1.64 bits per heavy atom. The molecule has 0 radical (unpaired) electrons. The Hall–Kier alpha value is 0.660. The van der Waals surface area contributed by atoms with Crippen molar-refractivity contribution < 1.29 is 4.18 Å². The first-order chi connectivity index (χ1) is 6.49. The summed E-state index contributed by atoms with van der Waals surface area (Å²) in [6, 6.07) is 0. The second kappa shape index (κ2) is 7.89. The Morgan fingerprint density at radius 3 is 2.00 bits per heavy atom. The molecule has 0 N–H and O–H groups in total. The first-order valence-electron chi connectivity index (χ1n) is 5.45. The average molecular weight is 236 g/mol. The fourth-order valence-corrected chi connectivity index (χ4v) is 2.46. The molecule has 0 bridgehead atoms. The molecular weight excluding hydrogens is 212 g/mol. The topological polar surface area (TPSA) is 9.23 Å². The molecule has 0 rings (SSSR count). The average Bonchev–Trinajstić information content (AvgIpc) is 2.03. The van der Waals surface area contributed by atoms with Crippen molar-refractivity contribution in [1.82, 2.24) is 0 Å². The van der Waals surface area contributed by atoms with Crippen LogP contribution in [0.3, 0.4) is 0 Å². The number of rotatable bonds is 7. The van der Waals surface area contributed by atoms with Crippen LogP contribution in [0.25, 0.3) is 0 Å². The van der Waals surface area contributed by atoms with Crippen molar-refractivity contribution in [3.63, 3.8) is 0 Å². The van der Waals surface area contributed by atoms with E-state index in [0.717, 1.165) is 5.92 Å². The minimum Gasteiger partial charge on any atom is -0.302 e. The highest BCUT2D eigenvalue weighted by Crippen LogP contribution is 2.28. The van der Waals surface area contributed by atoms with E-state index in [-0.39, 0.29) is 0 Å². The van der Waals surface area contributed by atoms with Crippen LogP contribution in [0.15, 0.2) is 0 Å². The Labute approximate surface area is 98.4 Å². The van der Waals surface area contributed by atoms with E-state index in [2.05, 4.69) is 46.3 Å². The van der Waals surface area contributed by atoms with Gasteiger partial charge in [-0.25, -0.2) is 0 Å². The van der Waals surface area contributed by atoms with Gasteiger partial charge in [-0.3, -0.25) is 0 Å². The van der Waals surface area contributed by atoms with Crippen molar-refractivity contribution in [1.29, 1.82) is 0 Å².